The van der Waals surface area contributed by atoms with Crippen LogP contribution in [0.4, 0.5) is 0 Å². The van der Waals surface area contributed by atoms with E-state index in [1.54, 1.807) is 0 Å². The molecule has 2 heterocycles. The van der Waals surface area contributed by atoms with E-state index in [4.69, 9.17) is 4.74 Å². The van der Waals surface area contributed by atoms with Crippen molar-refractivity contribution in [1.29, 1.82) is 0 Å². The Morgan fingerprint density at radius 3 is 2.76 bits per heavy atom. The van der Waals surface area contributed by atoms with Crippen molar-refractivity contribution in [3.63, 3.8) is 0 Å². The molecule has 6 heteroatoms. The molecule has 25 heavy (non-hydrogen) atoms. The topological polar surface area (TPSA) is 76.4 Å². The van der Waals surface area contributed by atoms with Gasteiger partial charge in [0, 0.05) is 31.5 Å². The fraction of sp³-hybridized carbons (Fsp3) is 0.474. The molecule has 1 aromatic carbocycles. The number of carboxylic acid groups (broad SMARTS) is 1. The average Bonchev–Trinajstić information content (AvgIpc) is 2.97. The maximum atomic E-state index is 11.7. The number of nitrogens with zero attached hydrogens (tertiary/aromatic N) is 2. The molecule has 2 N–H and O–H groups in total. The predicted molar refractivity (Wildman–Crippen MR) is 94.9 cm³/mol. The van der Waals surface area contributed by atoms with E-state index in [9.17, 15) is 9.90 Å². The van der Waals surface area contributed by atoms with Gasteiger partial charge in [0.25, 0.3) is 0 Å². The molecule has 1 aromatic heterocycles. The predicted octanol–water partition coefficient (Wildman–Crippen LogP) is 2.46. The first-order chi connectivity index (χ1) is 12.0. The lowest BCUT2D eigenvalue weighted by Gasteiger charge is -2.33. The molecule has 1 aliphatic rings. The minimum atomic E-state index is -0.820. The first kappa shape index (κ1) is 17.6. The lowest BCUT2D eigenvalue weighted by Crippen LogP contribution is -2.46. The summed E-state index contributed by atoms with van der Waals surface area (Å²) in [5.74, 6) is -0.785. The number of ether oxygens (including phenoxy) is 1. The third kappa shape index (κ3) is 3.91. The smallest absolute Gasteiger partial charge is 0.313 e. The minimum absolute atomic E-state index is 0.275. The summed E-state index contributed by atoms with van der Waals surface area (Å²) in [4.78, 5) is 11.7. The van der Waals surface area contributed by atoms with E-state index >= 15 is 0 Å². The highest BCUT2D eigenvalue weighted by molar-refractivity contribution is 5.75. The number of aryl methyl sites for hydroxylation is 2. The Balaban J connectivity index is 1.65. The third-order valence-electron chi connectivity index (χ3n) is 4.85. The summed E-state index contributed by atoms with van der Waals surface area (Å²) in [5.41, 5.74) is 3.42. The second-order valence-electron chi connectivity index (χ2n) is 6.87. The summed E-state index contributed by atoms with van der Waals surface area (Å²) in [6, 6.07) is 8.20. The standard InChI is InChI=1S/C19H25N3O3/c1-14-4-6-17(7-5-14)22-11-16(15(2)21-22)10-20-12-19(18(23)24)8-3-9-25-13-19/h4-7,11,20H,3,8-10,12-13H2,1-2H3,(H,23,24). The van der Waals surface area contributed by atoms with Gasteiger partial charge in [0.15, 0.2) is 0 Å². The second-order valence-corrected chi connectivity index (χ2v) is 6.87. The van der Waals surface area contributed by atoms with Crippen molar-refractivity contribution in [1.82, 2.24) is 15.1 Å². The molecular weight excluding hydrogens is 318 g/mol. The van der Waals surface area contributed by atoms with Crippen LogP contribution in [0.25, 0.3) is 5.69 Å². The van der Waals surface area contributed by atoms with Crippen molar-refractivity contribution in [3.8, 4) is 5.69 Å². The number of carboxylic acids is 1. The summed E-state index contributed by atoms with van der Waals surface area (Å²) in [6.45, 7) is 5.94. The SMILES string of the molecule is Cc1ccc(-n2cc(CNCC3(C(=O)O)CCCOC3)c(C)n2)cc1. The molecule has 134 valence electrons. The first-order valence-corrected chi connectivity index (χ1v) is 8.64. The van der Waals surface area contributed by atoms with Crippen LogP contribution in [0.5, 0.6) is 0 Å². The summed E-state index contributed by atoms with van der Waals surface area (Å²) >= 11 is 0. The molecule has 3 rings (SSSR count). The number of carbonyl (C=O) groups is 1. The minimum Gasteiger partial charge on any atom is -0.481 e. The lowest BCUT2D eigenvalue weighted by atomic mass is 9.82. The molecule has 1 atom stereocenters. The van der Waals surface area contributed by atoms with Gasteiger partial charge in [0.1, 0.15) is 5.41 Å². The van der Waals surface area contributed by atoms with Crippen LogP contribution in [0.3, 0.4) is 0 Å². The zero-order chi connectivity index (χ0) is 17.9. The molecule has 0 saturated carbocycles. The number of aromatic nitrogens is 2. The van der Waals surface area contributed by atoms with Gasteiger partial charge in [-0.2, -0.15) is 5.10 Å². The van der Waals surface area contributed by atoms with Gasteiger partial charge >= 0.3 is 5.97 Å². The summed E-state index contributed by atoms with van der Waals surface area (Å²) in [5, 5.41) is 17.4. The zero-order valence-electron chi connectivity index (χ0n) is 14.8. The summed E-state index contributed by atoms with van der Waals surface area (Å²) < 4.78 is 7.27. The largest absolute Gasteiger partial charge is 0.481 e. The van der Waals surface area contributed by atoms with E-state index in [1.807, 2.05) is 29.9 Å². The van der Waals surface area contributed by atoms with Crippen LogP contribution in [0.1, 0.15) is 29.7 Å². The molecule has 0 spiro atoms. The number of rotatable bonds is 6. The molecule has 6 nitrogen and oxygen atoms in total. The summed E-state index contributed by atoms with van der Waals surface area (Å²) in [6.07, 6.45) is 3.44. The fourth-order valence-corrected chi connectivity index (χ4v) is 3.17. The van der Waals surface area contributed by atoms with Crippen LogP contribution in [-0.4, -0.2) is 40.6 Å². The molecule has 0 aliphatic carbocycles. The van der Waals surface area contributed by atoms with Crippen molar-refractivity contribution in [2.75, 3.05) is 19.8 Å². The monoisotopic (exact) mass is 343 g/mol. The highest BCUT2D eigenvalue weighted by Gasteiger charge is 2.40. The highest BCUT2D eigenvalue weighted by atomic mass is 16.5. The van der Waals surface area contributed by atoms with Gasteiger partial charge in [-0.25, -0.2) is 4.68 Å². The molecule has 1 unspecified atom stereocenters. The van der Waals surface area contributed by atoms with Gasteiger partial charge in [-0.05, 0) is 38.8 Å². The number of hydrogen-bond acceptors (Lipinski definition) is 4. The van der Waals surface area contributed by atoms with E-state index in [2.05, 4.69) is 29.5 Å². The van der Waals surface area contributed by atoms with Crippen molar-refractivity contribution in [2.24, 2.45) is 5.41 Å². The highest BCUT2D eigenvalue weighted by Crippen LogP contribution is 2.28. The number of benzene rings is 1. The van der Waals surface area contributed by atoms with Gasteiger partial charge in [-0.1, -0.05) is 17.7 Å². The van der Waals surface area contributed by atoms with Gasteiger partial charge in [0.05, 0.1) is 18.0 Å². The fourth-order valence-electron chi connectivity index (χ4n) is 3.17. The van der Waals surface area contributed by atoms with Gasteiger partial charge in [0.2, 0.25) is 0 Å². The molecule has 1 aliphatic heterocycles. The van der Waals surface area contributed by atoms with Crippen LogP contribution in [-0.2, 0) is 16.1 Å². The Morgan fingerprint density at radius 2 is 2.12 bits per heavy atom. The first-order valence-electron chi connectivity index (χ1n) is 8.64. The maximum absolute atomic E-state index is 11.7. The van der Waals surface area contributed by atoms with Crippen LogP contribution in [0, 0.1) is 19.3 Å². The van der Waals surface area contributed by atoms with Gasteiger partial charge < -0.3 is 15.2 Å². The van der Waals surface area contributed by atoms with Crippen LogP contribution in [0.15, 0.2) is 30.5 Å². The Hall–Kier alpha value is -2.18. The molecule has 0 radical (unpaired) electrons. The molecule has 1 fully saturated rings. The quantitative estimate of drug-likeness (QED) is 0.843. The molecule has 1 saturated heterocycles. The van der Waals surface area contributed by atoms with E-state index in [0.29, 0.717) is 26.1 Å². The van der Waals surface area contributed by atoms with E-state index in [-0.39, 0.29) is 6.61 Å². The second kappa shape index (κ2) is 7.37. The van der Waals surface area contributed by atoms with E-state index in [1.165, 1.54) is 5.56 Å². The Morgan fingerprint density at radius 1 is 1.36 bits per heavy atom. The number of hydrogen-bond donors (Lipinski definition) is 2. The van der Waals surface area contributed by atoms with Crippen molar-refractivity contribution in [2.45, 2.75) is 33.2 Å². The maximum Gasteiger partial charge on any atom is 0.313 e. The van der Waals surface area contributed by atoms with Crippen LogP contribution >= 0.6 is 0 Å². The normalized spacial score (nSPS) is 20.6. The lowest BCUT2D eigenvalue weighted by molar-refractivity contribution is -0.156. The molecule has 0 bridgehead atoms. The Kier molecular flexibility index (Phi) is 5.20. The number of nitrogens with one attached hydrogen (secondary N) is 1. The van der Waals surface area contributed by atoms with Crippen molar-refractivity contribution in [3.05, 3.63) is 47.3 Å². The van der Waals surface area contributed by atoms with E-state index in [0.717, 1.165) is 23.4 Å². The average molecular weight is 343 g/mol. The zero-order valence-corrected chi connectivity index (χ0v) is 14.8. The summed E-state index contributed by atoms with van der Waals surface area (Å²) in [7, 11) is 0. The number of aliphatic carboxylic acids is 1. The molecular formula is C19H25N3O3. The van der Waals surface area contributed by atoms with Gasteiger partial charge in [-0.15, -0.1) is 0 Å². The molecule has 0 amide bonds. The molecule has 2 aromatic rings. The van der Waals surface area contributed by atoms with Crippen molar-refractivity contribution >= 4 is 5.97 Å². The van der Waals surface area contributed by atoms with Gasteiger partial charge in [-0.3, -0.25) is 4.79 Å². The van der Waals surface area contributed by atoms with Crippen LogP contribution in [0.2, 0.25) is 0 Å². The third-order valence-corrected chi connectivity index (χ3v) is 4.85. The Bertz CT molecular complexity index is 731. The van der Waals surface area contributed by atoms with Crippen molar-refractivity contribution < 1.29 is 14.6 Å². The van der Waals surface area contributed by atoms with Crippen LogP contribution < -0.4 is 5.32 Å². The Labute approximate surface area is 147 Å². The van der Waals surface area contributed by atoms with E-state index < -0.39 is 11.4 Å².